The van der Waals surface area contributed by atoms with E-state index in [1.807, 2.05) is 49.4 Å². The molecule has 0 saturated heterocycles. The molecule has 5 heteroatoms. The van der Waals surface area contributed by atoms with Crippen molar-refractivity contribution in [2.24, 2.45) is 5.10 Å². The Morgan fingerprint density at radius 3 is 2.67 bits per heavy atom. The quantitative estimate of drug-likeness (QED) is 0.321. The Morgan fingerprint density at radius 1 is 1.10 bits per heavy atom. The largest absolute Gasteiger partial charge is 0.349 e. The SMILES string of the molecule is CCCCCC(/C=N/n1c(C)nc2c([nH]c3ccccc32)c1=O)=C\c1ccccc1. The predicted octanol–water partition coefficient (Wildman–Crippen LogP) is 5.68. The molecule has 0 atom stereocenters. The number of rotatable bonds is 7. The molecule has 4 rings (SSSR count). The van der Waals surface area contributed by atoms with Crippen molar-refractivity contribution in [1.82, 2.24) is 14.6 Å². The molecule has 0 fully saturated rings. The first-order chi connectivity index (χ1) is 14.7. The van der Waals surface area contributed by atoms with Crippen LogP contribution < -0.4 is 5.56 Å². The minimum Gasteiger partial charge on any atom is -0.349 e. The lowest BCUT2D eigenvalue weighted by Gasteiger charge is -2.05. The summed E-state index contributed by atoms with van der Waals surface area (Å²) >= 11 is 0. The summed E-state index contributed by atoms with van der Waals surface area (Å²) in [6, 6.07) is 18.0. The average Bonchev–Trinajstić information content (AvgIpc) is 3.13. The van der Waals surface area contributed by atoms with Crippen molar-refractivity contribution in [1.29, 1.82) is 0 Å². The highest BCUT2D eigenvalue weighted by Crippen LogP contribution is 2.21. The lowest BCUT2D eigenvalue weighted by molar-refractivity contribution is 0.722. The Morgan fingerprint density at radius 2 is 1.87 bits per heavy atom. The number of hydrogen-bond donors (Lipinski definition) is 1. The third kappa shape index (κ3) is 4.10. The second kappa shape index (κ2) is 8.91. The second-order valence-electron chi connectivity index (χ2n) is 7.50. The van der Waals surface area contributed by atoms with E-state index < -0.39 is 0 Å². The van der Waals surface area contributed by atoms with Crippen molar-refractivity contribution >= 4 is 34.2 Å². The number of para-hydroxylation sites is 1. The number of allylic oxidation sites excluding steroid dienone is 1. The standard InChI is InChI=1S/C25H26N4O/c1-3-4-6-13-20(16-19-11-7-5-8-12-19)17-26-29-18(2)27-23-21-14-9-10-15-22(21)28-24(23)25(29)30/h5,7-12,14-17,28H,3-4,6,13H2,1-2H3/b20-16+,26-17+. The molecule has 5 nitrogen and oxygen atoms in total. The smallest absolute Gasteiger partial charge is 0.298 e. The van der Waals surface area contributed by atoms with E-state index in [2.05, 4.69) is 40.2 Å². The maximum Gasteiger partial charge on any atom is 0.298 e. The Balaban J connectivity index is 1.73. The Labute approximate surface area is 175 Å². The van der Waals surface area contributed by atoms with E-state index in [-0.39, 0.29) is 5.56 Å². The Hall–Kier alpha value is -3.47. The normalized spacial score (nSPS) is 12.4. The lowest BCUT2D eigenvalue weighted by atomic mass is 10.1. The first-order valence-electron chi connectivity index (χ1n) is 10.5. The molecule has 0 bridgehead atoms. The van der Waals surface area contributed by atoms with Gasteiger partial charge in [-0.2, -0.15) is 9.78 Å². The van der Waals surface area contributed by atoms with Crippen molar-refractivity contribution in [3.05, 3.63) is 81.9 Å². The number of aromatic amines is 1. The Kier molecular flexibility index (Phi) is 5.89. The van der Waals surface area contributed by atoms with Gasteiger partial charge in [-0.3, -0.25) is 4.79 Å². The van der Waals surface area contributed by atoms with Crippen molar-refractivity contribution in [3.63, 3.8) is 0 Å². The number of H-pyrrole nitrogens is 1. The van der Waals surface area contributed by atoms with E-state index in [1.54, 1.807) is 6.21 Å². The first kappa shape index (κ1) is 19.8. The third-order valence-corrected chi connectivity index (χ3v) is 5.22. The van der Waals surface area contributed by atoms with Crippen LogP contribution in [0.15, 0.2) is 70.1 Å². The average molecular weight is 399 g/mol. The number of nitrogens with one attached hydrogen (secondary N) is 1. The zero-order chi connectivity index (χ0) is 20.9. The molecule has 0 aliphatic heterocycles. The molecule has 2 heterocycles. The van der Waals surface area contributed by atoms with Gasteiger partial charge >= 0.3 is 0 Å². The van der Waals surface area contributed by atoms with Crippen LogP contribution in [0.1, 0.15) is 44.0 Å². The summed E-state index contributed by atoms with van der Waals surface area (Å²) in [6.45, 7) is 4.01. The van der Waals surface area contributed by atoms with Gasteiger partial charge in [-0.25, -0.2) is 4.98 Å². The topological polar surface area (TPSA) is 63.0 Å². The summed E-state index contributed by atoms with van der Waals surface area (Å²) in [5, 5.41) is 5.48. The van der Waals surface area contributed by atoms with Gasteiger partial charge in [-0.15, -0.1) is 0 Å². The minimum atomic E-state index is -0.183. The molecule has 0 spiro atoms. The highest BCUT2D eigenvalue weighted by molar-refractivity contribution is 6.04. The van der Waals surface area contributed by atoms with Gasteiger partial charge in [0.05, 0.1) is 6.21 Å². The van der Waals surface area contributed by atoms with E-state index in [0.717, 1.165) is 41.3 Å². The van der Waals surface area contributed by atoms with Gasteiger partial charge in [0.25, 0.3) is 5.56 Å². The summed E-state index contributed by atoms with van der Waals surface area (Å²) in [4.78, 5) is 21.0. The molecular formula is C25H26N4O. The van der Waals surface area contributed by atoms with Gasteiger partial charge in [0, 0.05) is 10.9 Å². The fourth-order valence-corrected chi connectivity index (χ4v) is 3.64. The second-order valence-corrected chi connectivity index (χ2v) is 7.50. The van der Waals surface area contributed by atoms with Gasteiger partial charge in [-0.05, 0) is 37.0 Å². The number of aryl methyl sites for hydroxylation is 1. The molecule has 4 aromatic rings. The van der Waals surface area contributed by atoms with Crippen LogP contribution >= 0.6 is 0 Å². The molecule has 152 valence electrons. The monoisotopic (exact) mass is 398 g/mol. The fraction of sp³-hybridized carbons (Fsp3) is 0.240. The molecule has 0 aliphatic carbocycles. The number of benzene rings is 2. The van der Waals surface area contributed by atoms with Crippen LogP contribution in [0.25, 0.3) is 28.0 Å². The minimum absolute atomic E-state index is 0.183. The number of aromatic nitrogens is 3. The van der Waals surface area contributed by atoms with Crippen molar-refractivity contribution in [2.75, 3.05) is 0 Å². The van der Waals surface area contributed by atoms with E-state index in [1.165, 1.54) is 11.1 Å². The van der Waals surface area contributed by atoms with Crippen LogP contribution in [-0.4, -0.2) is 20.9 Å². The summed E-state index contributed by atoms with van der Waals surface area (Å²) in [5.74, 6) is 0.570. The maximum atomic E-state index is 13.1. The maximum absolute atomic E-state index is 13.1. The van der Waals surface area contributed by atoms with Crippen LogP contribution in [0, 0.1) is 6.92 Å². The van der Waals surface area contributed by atoms with Crippen molar-refractivity contribution in [2.45, 2.75) is 39.5 Å². The van der Waals surface area contributed by atoms with Gasteiger partial charge in [-0.1, -0.05) is 74.4 Å². The molecule has 2 aromatic carbocycles. The number of nitrogens with zero attached hydrogens (tertiary/aromatic N) is 3. The van der Waals surface area contributed by atoms with Crippen molar-refractivity contribution in [3.8, 4) is 0 Å². The molecule has 0 saturated carbocycles. The number of hydrogen-bond acceptors (Lipinski definition) is 3. The van der Waals surface area contributed by atoms with Crippen LogP contribution in [0.3, 0.4) is 0 Å². The fourth-order valence-electron chi connectivity index (χ4n) is 3.64. The van der Waals surface area contributed by atoms with Crippen LogP contribution in [0.2, 0.25) is 0 Å². The van der Waals surface area contributed by atoms with E-state index in [0.29, 0.717) is 16.9 Å². The zero-order valence-electron chi connectivity index (χ0n) is 17.4. The van der Waals surface area contributed by atoms with Gasteiger partial charge < -0.3 is 4.98 Å². The molecule has 1 N–H and O–H groups in total. The number of fused-ring (bicyclic) bond motifs is 3. The van der Waals surface area contributed by atoms with Crippen molar-refractivity contribution < 1.29 is 0 Å². The van der Waals surface area contributed by atoms with Gasteiger partial charge in [0.1, 0.15) is 16.9 Å². The summed E-state index contributed by atoms with van der Waals surface area (Å²) in [7, 11) is 0. The van der Waals surface area contributed by atoms with E-state index in [9.17, 15) is 4.79 Å². The first-order valence-corrected chi connectivity index (χ1v) is 10.5. The van der Waals surface area contributed by atoms with Gasteiger partial charge in [0.2, 0.25) is 0 Å². The molecule has 2 aromatic heterocycles. The summed E-state index contributed by atoms with van der Waals surface area (Å²) in [6.07, 6.45) is 8.27. The highest BCUT2D eigenvalue weighted by atomic mass is 16.1. The summed E-state index contributed by atoms with van der Waals surface area (Å²) < 4.78 is 1.39. The number of unbranched alkanes of at least 4 members (excludes halogenated alkanes) is 2. The summed E-state index contributed by atoms with van der Waals surface area (Å²) in [5.41, 5.74) is 4.13. The molecule has 30 heavy (non-hydrogen) atoms. The van der Waals surface area contributed by atoms with Crippen LogP contribution in [0.5, 0.6) is 0 Å². The third-order valence-electron chi connectivity index (χ3n) is 5.22. The van der Waals surface area contributed by atoms with Gasteiger partial charge in [0.15, 0.2) is 0 Å². The molecular weight excluding hydrogens is 372 g/mol. The van der Waals surface area contributed by atoms with E-state index in [4.69, 9.17) is 0 Å². The van der Waals surface area contributed by atoms with Crippen LogP contribution in [-0.2, 0) is 0 Å². The molecule has 0 radical (unpaired) electrons. The molecule has 0 amide bonds. The van der Waals surface area contributed by atoms with E-state index >= 15 is 0 Å². The Bertz CT molecular complexity index is 1280. The van der Waals surface area contributed by atoms with Crippen LogP contribution in [0.4, 0.5) is 0 Å². The predicted molar refractivity (Wildman–Crippen MR) is 125 cm³/mol. The lowest BCUT2D eigenvalue weighted by Crippen LogP contribution is -2.20. The zero-order valence-corrected chi connectivity index (χ0v) is 17.4. The molecule has 0 aliphatic rings. The molecule has 0 unspecified atom stereocenters. The highest BCUT2D eigenvalue weighted by Gasteiger charge is 2.12.